The number of rotatable bonds is 7. The van der Waals surface area contributed by atoms with Crippen LogP contribution in [-0.4, -0.2) is 53.1 Å². The molecule has 0 aliphatic rings. The molecule has 5 nitrogen and oxygen atoms in total. The third-order valence-corrected chi connectivity index (χ3v) is 5.28. The first-order valence-electron chi connectivity index (χ1n) is 9.21. The van der Waals surface area contributed by atoms with Crippen molar-refractivity contribution in [1.82, 2.24) is 20.1 Å². The molecule has 2 aromatic rings. The fraction of sp³-hybridized carbons (Fsp3) is 0.500. The van der Waals surface area contributed by atoms with Gasteiger partial charge in [-0.1, -0.05) is 25.5 Å². The lowest BCUT2D eigenvalue weighted by atomic mass is 10.1. The van der Waals surface area contributed by atoms with Gasteiger partial charge in [0.15, 0.2) is 5.11 Å². The Morgan fingerprint density at radius 3 is 2.46 bits per heavy atom. The van der Waals surface area contributed by atoms with Crippen LogP contribution in [0.25, 0.3) is 10.9 Å². The SMILES string of the molecule is CCN(CC)CCN(Cc1cc2cc(C)cc(C)c2[nH]c1=O)C(=S)NC. The van der Waals surface area contributed by atoms with Gasteiger partial charge < -0.3 is 20.1 Å². The van der Waals surface area contributed by atoms with Gasteiger partial charge in [-0.15, -0.1) is 0 Å². The Morgan fingerprint density at radius 1 is 1.15 bits per heavy atom. The van der Waals surface area contributed by atoms with E-state index < -0.39 is 0 Å². The van der Waals surface area contributed by atoms with Crippen molar-refractivity contribution in [3.05, 3.63) is 45.2 Å². The molecule has 0 aliphatic carbocycles. The minimum absolute atomic E-state index is 0.0452. The highest BCUT2D eigenvalue weighted by Gasteiger charge is 2.14. The van der Waals surface area contributed by atoms with Crippen LogP contribution in [0.5, 0.6) is 0 Å². The quantitative estimate of drug-likeness (QED) is 0.730. The summed E-state index contributed by atoms with van der Waals surface area (Å²) in [5.41, 5.74) is 3.89. The average Bonchev–Trinajstić information content (AvgIpc) is 2.62. The molecule has 1 aromatic carbocycles. The van der Waals surface area contributed by atoms with Crippen molar-refractivity contribution in [2.75, 3.05) is 33.2 Å². The molecule has 0 bridgehead atoms. The van der Waals surface area contributed by atoms with E-state index in [4.69, 9.17) is 12.2 Å². The van der Waals surface area contributed by atoms with Gasteiger partial charge in [0.05, 0.1) is 12.1 Å². The minimum atomic E-state index is -0.0452. The molecule has 1 aromatic heterocycles. The molecule has 0 spiro atoms. The molecule has 2 rings (SSSR count). The molecule has 26 heavy (non-hydrogen) atoms. The number of aromatic nitrogens is 1. The highest BCUT2D eigenvalue weighted by molar-refractivity contribution is 7.80. The number of pyridine rings is 1. The zero-order valence-corrected chi connectivity index (χ0v) is 17.3. The van der Waals surface area contributed by atoms with Crippen LogP contribution < -0.4 is 10.9 Å². The van der Waals surface area contributed by atoms with Crippen molar-refractivity contribution < 1.29 is 0 Å². The van der Waals surface area contributed by atoms with E-state index in [1.54, 1.807) is 0 Å². The third-order valence-electron chi connectivity index (χ3n) is 4.81. The van der Waals surface area contributed by atoms with Crippen molar-refractivity contribution >= 4 is 28.2 Å². The van der Waals surface area contributed by atoms with Gasteiger partial charge in [-0.25, -0.2) is 0 Å². The first kappa shape index (κ1) is 20.4. The lowest BCUT2D eigenvalue weighted by molar-refractivity contribution is 0.264. The number of thiocarbonyl (C=S) groups is 1. The predicted molar refractivity (Wildman–Crippen MR) is 114 cm³/mol. The number of hydrogen-bond acceptors (Lipinski definition) is 3. The van der Waals surface area contributed by atoms with Crippen LogP contribution in [-0.2, 0) is 6.54 Å². The summed E-state index contributed by atoms with van der Waals surface area (Å²) in [6.45, 7) is 12.6. The highest BCUT2D eigenvalue weighted by atomic mass is 32.1. The van der Waals surface area contributed by atoms with Gasteiger partial charge in [-0.05, 0) is 62.2 Å². The Hall–Kier alpha value is -1.92. The number of aromatic amines is 1. The molecule has 0 saturated carbocycles. The largest absolute Gasteiger partial charge is 0.366 e. The Labute approximate surface area is 161 Å². The molecule has 1 heterocycles. The number of H-pyrrole nitrogens is 1. The molecular formula is C20H30N4OS. The second-order valence-corrected chi connectivity index (χ2v) is 7.06. The number of nitrogens with one attached hydrogen (secondary N) is 2. The van der Waals surface area contributed by atoms with E-state index in [-0.39, 0.29) is 5.56 Å². The Kier molecular flexibility index (Phi) is 7.17. The molecule has 0 unspecified atom stereocenters. The van der Waals surface area contributed by atoms with Gasteiger partial charge in [0.1, 0.15) is 0 Å². The number of benzene rings is 1. The molecule has 0 radical (unpaired) electrons. The van der Waals surface area contributed by atoms with Gasteiger partial charge >= 0.3 is 0 Å². The van der Waals surface area contributed by atoms with E-state index in [1.807, 2.05) is 20.0 Å². The average molecular weight is 375 g/mol. The summed E-state index contributed by atoms with van der Waals surface area (Å²) in [6.07, 6.45) is 0. The Morgan fingerprint density at radius 2 is 1.85 bits per heavy atom. The molecule has 0 saturated heterocycles. The number of fused-ring (bicyclic) bond motifs is 1. The molecular weight excluding hydrogens is 344 g/mol. The lowest BCUT2D eigenvalue weighted by Crippen LogP contribution is -2.43. The summed E-state index contributed by atoms with van der Waals surface area (Å²) < 4.78 is 0. The number of nitrogens with zero attached hydrogens (tertiary/aromatic N) is 2. The normalized spacial score (nSPS) is 11.2. The summed E-state index contributed by atoms with van der Waals surface area (Å²) in [4.78, 5) is 20.1. The molecule has 0 amide bonds. The standard InChI is InChI=1S/C20H30N4OS/c1-6-23(7-2)8-9-24(20(26)21-5)13-17-12-16-11-14(3)10-15(4)18(16)22-19(17)25/h10-12H,6-9,13H2,1-5H3,(H,21,26)(H,22,25). The van der Waals surface area contributed by atoms with E-state index in [9.17, 15) is 4.79 Å². The van der Waals surface area contributed by atoms with Crippen LogP contribution in [0.15, 0.2) is 23.0 Å². The van der Waals surface area contributed by atoms with Crippen molar-refractivity contribution in [2.45, 2.75) is 34.2 Å². The van der Waals surface area contributed by atoms with E-state index in [0.29, 0.717) is 11.7 Å². The van der Waals surface area contributed by atoms with Gasteiger partial charge in [-0.2, -0.15) is 0 Å². The second-order valence-electron chi connectivity index (χ2n) is 6.67. The molecule has 0 fully saturated rings. The monoisotopic (exact) mass is 374 g/mol. The van der Waals surface area contributed by atoms with E-state index >= 15 is 0 Å². The van der Waals surface area contributed by atoms with Crippen LogP contribution in [0.2, 0.25) is 0 Å². The van der Waals surface area contributed by atoms with Crippen molar-refractivity contribution in [3.8, 4) is 0 Å². The predicted octanol–water partition coefficient (Wildman–Crippen LogP) is 2.79. The Bertz CT molecular complexity index is 826. The molecule has 142 valence electrons. The van der Waals surface area contributed by atoms with Crippen molar-refractivity contribution in [1.29, 1.82) is 0 Å². The van der Waals surface area contributed by atoms with Crippen LogP contribution in [0, 0.1) is 13.8 Å². The van der Waals surface area contributed by atoms with Crippen LogP contribution in [0.3, 0.4) is 0 Å². The summed E-state index contributed by atoms with van der Waals surface area (Å²) in [5, 5.41) is 4.78. The summed E-state index contributed by atoms with van der Waals surface area (Å²) in [5.74, 6) is 0. The van der Waals surface area contributed by atoms with Crippen LogP contribution in [0.1, 0.15) is 30.5 Å². The fourth-order valence-corrected chi connectivity index (χ4v) is 3.42. The first-order chi connectivity index (χ1) is 12.4. The summed E-state index contributed by atoms with van der Waals surface area (Å²) >= 11 is 5.47. The Balaban J connectivity index is 2.30. The first-order valence-corrected chi connectivity index (χ1v) is 9.62. The maximum absolute atomic E-state index is 12.6. The molecule has 0 atom stereocenters. The minimum Gasteiger partial charge on any atom is -0.366 e. The number of hydrogen-bond donors (Lipinski definition) is 2. The van der Waals surface area contributed by atoms with Gasteiger partial charge in [0, 0.05) is 25.7 Å². The van der Waals surface area contributed by atoms with E-state index in [1.165, 1.54) is 5.56 Å². The van der Waals surface area contributed by atoms with Gasteiger partial charge in [-0.3, -0.25) is 4.79 Å². The number of aryl methyl sites for hydroxylation is 2. The van der Waals surface area contributed by atoms with Crippen molar-refractivity contribution in [2.24, 2.45) is 0 Å². The lowest BCUT2D eigenvalue weighted by Gasteiger charge is -2.28. The zero-order chi connectivity index (χ0) is 19.3. The maximum atomic E-state index is 12.6. The maximum Gasteiger partial charge on any atom is 0.253 e. The third kappa shape index (κ3) is 4.83. The van der Waals surface area contributed by atoms with Crippen LogP contribution >= 0.6 is 12.2 Å². The molecule has 6 heteroatoms. The van der Waals surface area contributed by atoms with Gasteiger partial charge in [0.2, 0.25) is 0 Å². The molecule has 2 N–H and O–H groups in total. The van der Waals surface area contributed by atoms with Crippen molar-refractivity contribution in [3.63, 3.8) is 0 Å². The van der Waals surface area contributed by atoms with Gasteiger partial charge in [0.25, 0.3) is 5.56 Å². The highest BCUT2D eigenvalue weighted by Crippen LogP contribution is 2.18. The zero-order valence-electron chi connectivity index (χ0n) is 16.5. The van der Waals surface area contributed by atoms with E-state index in [2.05, 4.69) is 53.0 Å². The van der Waals surface area contributed by atoms with Crippen LogP contribution in [0.4, 0.5) is 0 Å². The molecule has 0 aliphatic heterocycles. The topological polar surface area (TPSA) is 51.4 Å². The smallest absolute Gasteiger partial charge is 0.253 e. The number of likely N-dealkylation sites (N-methyl/N-ethyl adjacent to an activating group) is 1. The fourth-order valence-electron chi connectivity index (χ4n) is 3.27. The van der Waals surface area contributed by atoms with E-state index in [0.717, 1.165) is 48.2 Å². The summed E-state index contributed by atoms with van der Waals surface area (Å²) in [6, 6.07) is 6.19. The summed E-state index contributed by atoms with van der Waals surface area (Å²) in [7, 11) is 1.82. The second kappa shape index (κ2) is 9.14.